The first-order chi connectivity index (χ1) is 7.47. The Morgan fingerprint density at radius 1 is 1.38 bits per heavy atom. The first-order valence-electron chi connectivity index (χ1n) is 5.21. The molecule has 0 aromatic carbocycles. The van der Waals surface area contributed by atoms with Gasteiger partial charge in [0, 0.05) is 24.1 Å². The third-order valence-corrected chi connectivity index (χ3v) is 2.15. The summed E-state index contributed by atoms with van der Waals surface area (Å²) >= 11 is 0. The van der Waals surface area contributed by atoms with Gasteiger partial charge in [0.2, 0.25) is 0 Å². The molecule has 2 heterocycles. The summed E-state index contributed by atoms with van der Waals surface area (Å²) in [4.78, 5) is 16.2. The Labute approximate surface area is 94.3 Å². The van der Waals surface area contributed by atoms with Crippen molar-refractivity contribution in [2.24, 2.45) is 0 Å². The molecule has 0 radical (unpaired) electrons. The highest BCUT2D eigenvalue weighted by atomic mass is 16.1. The summed E-state index contributed by atoms with van der Waals surface area (Å²) < 4.78 is 1.83. The van der Waals surface area contributed by atoms with Crippen molar-refractivity contribution in [2.75, 3.05) is 0 Å². The minimum Gasteiger partial charge on any atom is -0.347 e. The molecule has 1 amide bonds. The summed E-state index contributed by atoms with van der Waals surface area (Å²) in [6, 6.07) is 3.62. The van der Waals surface area contributed by atoms with Gasteiger partial charge in [0.25, 0.3) is 5.91 Å². The van der Waals surface area contributed by atoms with Crippen LogP contribution in [0.25, 0.3) is 5.65 Å². The number of carbonyl (C=O) groups excluding carboxylic acids is 1. The molecule has 2 aromatic rings. The largest absolute Gasteiger partial charge is 0.347 e. The third-order valence-electron chi connectivity index (χ3n) is 2.15. The number of imidazole rings is 1. The maximum atomic E-state index is 12.0. The second-order valence-electron chi connectivity index (χ2n) is 4.78. The Kier molecular flexibility index (Phi) is 2.42. The zero-order valence-corrected chi connectivity index (χ0v) is 9.69. The highest BCUT2D eigenvalue weighted by molar-refractivity contribution is 6.00. The van der Waals surface area contributed by atoms with Gasteiger partial charge in [0.1, 0.15) is 5.65 Å². The minimum absolute atomic E-state index is 0.0932. The summed E-state index contributed by atoms with van der Waals surface area (Å²) in [6.45, 7) is 5.86. The van der Waals surface area contributed by atoms with Crippen LogP contribution in [0, 0.1) is 0 Å². The molecule has 1 N–H and O–H groups in total. The second-order valence-corrected chi connectivity index (χ2v) is 4.78. The molecule has 4 nitrogen and oxygen atoms in total. The zero-order chi connectivity index (χ0) is 11.8. The predicted octanol–water partition coefficient (Wildman–Crippen LogP) is 1.86. The van der Waals surface area contributed by atoms with Gasteiger partial charge >= 0.3 is 0 Å². The molecule has 0 spiro atoms. The molecule has 0 aliphatic carbocycles. The zero-order valence-electron chi connectivity index (χ0n) is 9.69. The molecule has 0 bridgehead atoms. The van der Waals surface area contributed by atoms with Crippen LogP contribution in [0.15, 0.2) is 30.7 Å². The van der Waals surface area contributed by atoms with E-state index in [1.54, 1.807) is 12.3 Å². The smallest absolute Gasteiger partial charge is 0.255 e. The molecule has 2 aromatic heterocycles. The standard InChI is InChI=1S/C12H15N3O/c1-12(2,3)14-11(16)9-5-4-7-15-8-6-13-10(9)15/h4-8H,1-3H3,(H,14,16). The van der Waals surface area contributed by atoms with Gasteiger partial charge in [-0.2, -0.15) is 0 Å². The topological polar surface area (TPSA) is 46.4 Å². The average Bonchev–Trinajstić information content (AvgIpc) is 2.61. The quantitative estimate of drug-likeness (QED) is 0.792. The van der Waals surface area contributed by atoms with Gasteiger partial charge in [-0.1, -0.05) is 0 Å². The van der Waals surface area contributed by atoms with Crippen molar-refractivity contribution >= 4 is 11.6 Å². The lowest BCUT2D eigenvalue weighted by molar-refractivity contribution is 0.0920. The first-order valence-corrected chi connectivity index (χ1v) is 5.21. The summed E-state index contributed by atoms with van der Waals surface area (Å²) in [5.74, 6) is -0.0932. The summed E-state index contributed by atoms with van der Waals surface area (Å²) in [5.41, 5.74) is 1.04. The molecule has 84 valence electrons. The number of hydrogen-bond donors (Lipinski definition) is 1. The van der Waals surface area contributed by atoms with E-state index in [1.807, 2.05) is 43.6 Å². The maximum absolute atomic E-state index is 12.0. The highest BCUT2D eigenvalue weighted by Gasteiger charge is 2.17. The van der Waals surface area contributed by atoms with E-state index in [4.69, 9.17) is 0 Å². The number of hydrogen-bond acceptors (Lipinski definition) is 2. The molecular weight excluding hydrogens is 202 g/mol. The van der Waals surface area contributed by atoms with E-state index < -0.39 is 0 Å². The lowest BCUT2D eigenvalue weighted by Gasteiger charge is -2.20. The highest BCUT2D eigenvalue weighted by Crippen LogP contribution is 2.10. The molecule has 16 heavy (non-hydrogen) atoms. The van der Waals surface area contributed by atoms with Crippen LogP contribution in [0.2, 0.25) is 0 Å². The number of pyridine rings is 1. The van der Waals surface area contributed by atoms with Crippen LogP contribution < -0.4 is 5.32 Å². The lowest BCUT2D eigenvalue weighted by Crippen LogP contribution is -2.40. The number of fused-ring (bicyclic) bond motifs is 1. The maximum Gasteiger partial charge on any atom is 0.255 e. The van der Waals surface area contributed by atoms with Crippen LogP contribution in [0.1, 0.15) is 31.1 Å². The van der Waals surface area contributed by atoms with Crippen molar-refractivity contribution in [3.05, 3.63) is 36.3 Å². The van der Waals surface area contributed by atoms with Gasteiger partial charge in [0.05, 0.1) is 5.56 Å². The second kappa shape index (κ2) is 3.63. The third kappa shape index (κ3) is 2.05. The van der Waals surface area contributed by atoms with E-state index in [-0.39, 0.29) is 11.4 Å². The van der Waals surface area contributed by atoms with Gasteiger partial charge < -0.3 is 9.72 Å². The molecule has 2 rings (SSSR count). The molecule has 0 aliphatic rings. The number of aromatic nitrogens is 2. The van der Waals surface area contributed by atoms with Crippen LogP contribution in [0.4, 0.5) is 0 Å². The van der Waals surface area contributed by atoms with Crippen LogP contribution in [-0.2, 0) is 0 Å². The number of rotatable bonds is 1. The Balaban J connectivity index is 2.40. The number of carbonyl (C=O) groups is 1. The Morgan fingerprint density at radius 3 is 2.81 bits per heavy atom. The van der Waals surface area contributed by atoms with Gasteiger partial charge in [0.15, 0.2) is 0 Å². The van der Waals surface area contributed by atoms with E-state index in [0.717, 1.165) is 0 Å². The molecule has 4 heteroatoms. The summed E-state index contributed by atoms with van der Waals surface area (Å²) in [6.07, 6.45) is 5.38. The predicted molar refractivity (Wildman–Crippen MR) is 62.4 cm³/mol. The van der Waals surface area contributed by atoms with Crippen molar-refractivity contribution in [2.45, 2.75) is 26.3 Å². The fourth-order valence-electron chi connectivity index (χ4n) is 1.53. The van der Waals surface area contributed by atoms with E-state index in [1.165, 1.54) is 0 Å². The summed E-state index contributed by atoms with van der Waals surface area (Å²) in [5, 5.41) is 2.93. The van der Waals surface area contributed by atoms with E-state index in [2.05, 4.69) is 10.3 Å². The van der Waals surface area contributed by atoms with E-state index in [9.17, 15) is 4.79 Å². The Hall–Kier alpha value is -1.84. The number of amides is 1. The van der Waals surface area contributed by atoms with Crippen molar-refractivity contribution in [1.29, 1.82) is 0 Å². The van der Waals surface area contributed by atoms with Gasteiger partial charge in [-0.05, 0) is 32.9 Å². The molecular formula is C12H15N3O. The number of nitrogens with one attached hydrogen (secondary N) is 1. The van der Waals surface area contributed by atoms with Crippen molar-refractivity contribution in [3.63, 3.8) is 0 Å². The van der Waals surface area contributed by atoms with Crippen LogP contribution >= 0.6 is 0 Å². The molecule has 0 atom stereocenters. The SMILES string of the molecule is CC(C)(C)NC(=O)c1cccn2ccnc12. The van der Waals surface area contributed by atoms with Crippen LogP contribution in [-0.4, -0.2) is 20.8 Å². The lowest BCUT2D eigenvalue weighted by atomic mass is 10.1. The fourth-order valence-corrected chi connectivity index (χ4v) is 1.53. The van der Waals surface area contributed by atoms with Crippen molar-refractivity contribution in [1.82, 2.24) is 14.7 Å². The Morgan fingerprint density at radius 2 is 2.12 bits per heavy atom. The van der Waals surface area contributed by atoms with Crippen LogP contribution in [0.3, 0.4) is 0 Å². The molecule has 0 fully saturated rings. The molecule has 0 unspecified atom stereocenters. The van der Waals surface area contributed by atoms with Gasteiger partial charge in [-0.3, -0.25) is 4.79 Å². The monoisotopic (exact) mass is 217 g/mol. The normalized spacial score (nSPS) is 11.7. The average molecular weight is 217 g/mol. The van der Waals surface area contributed by atoms with Gasteiger partial charge in [-0.15, -0.1) is 0 Å². The minimum atomic E-state index is -0.240. The molecule has 0 saturated carbocycles. The Bertz CT molecular complexity index is 522. The molecule has 0 saturated heterocycles. The summed E-state index contributed by atoms with van der Waals surface area (Å²) in [7, 11) is 0. The van der Waals surface area contributed by atoms with Gasteiger partial charge in [-0.25, -0.2) is 4.98 Å². The van der Waals surface area contributed by atoms with Crippen molar-refractivity contribution in [3.8, 4) is 0 Å². The first kappa shape index (κ1) is 10.7. The fraction of sp³-hybridized carbons (Fsp3) is 0.333. The van der Waals surface area contributed by atoms with E-state index in [0.29, 0.717) is 11.2 Å². The van der Waals surface area contributed by atoms with Crippen molar-refractivity contribution < 1.29 is 4.79 Å². The van der Waals surface area contributed by atoms with E-state index >= 15 is 0 Å². The molecule has 0 aliphatic heterocycles. The van der Waals surface area contributed by atoms with Crippen LogP contribution in [0.5, 0.6) is 0 Å². The number of nitrogens with zero attached hydrogens (tertiary/aromatic N) is 2.